The molecule has 0 amide bonds. The van der Waals surface area contributed by atoms with Gasteiger partial charge >= 0.3 is 0 Å². The molecule has 0 aliphatic heterocycles. The number of nitriles is 1. The zero-order valence-electron chi connectivity index (χ0n) is 7.88. The molecule has 1 rings (SSSR count). The highest BCUT2D eigenvalue weighted by molar-refractivity contribution is 6.30. The molecule has 0 radical (unpaired) electrons. The van der Waals surface area contributed by atoms with Gasteiger partial charge in [0.05, 0.1) is 30.2 Å². The Labute approximate surface area is 91.0 Å². The van der Waals surface area contributed by atoms with Gasteiger partial charge in [-0.25, -0.2) is 4.39 Å². The van der Waals surface area contributed by atoms with Gasteiger partial charge in [-0.3, -0.25) is 4.79 Å². The van der Waals surface area contributed by atoms with E-state index in [9.17, 15) is 9.18 Å². The van der Waals surface area contributed by atoms with Gasteiger partial charge in [0.15, 0.2) is 5.78 Å². The molecule has 0 N–H and O–H groups in total. The van der Waals surface area contributed by atoms with Crippen molar-refractivity contribution in [2.24, 2.45) is 0 Å². The minimum atomic E-state index is -0.795. The molecule has 0 aromatic heterocycles. The number of alkyl halides is 1. The predicted molar refractivity (Wildman–Crippen MR) is 52.7 cm³/mol. The second-order valence-corrected chi connectivity index (χ2v) is 2.97. The Hall–Kier alpha value is -1.60. The van der Waals surface area contributed by atoms with E-state index in [1.165, 1.54) is 13.2 Å². The monoisotopic (exact) mass is 227 g/mol. The van der Waals surface area contributed by atoms with Gasteiger partial charge in [-0.1, -0.05) is 0 Å². The van der Waals surface area contributed by atoms with E-state index in [1.54, 1.807) is 6.07 Å². The third kappa shape index (κ3) is 2.25. The number of Topliss-reactive ketones (excluding diaryl/α,β-unsaturated/α-hetero) is 1. The summed E-state index contributed by atoms with van der Waals surface area (Å²) in [6.45, 7) is 0. The molecule has 0 fully saturated rings. The Bertz CT molecular complexity index is 440. The van der Waals surface area contributed by atoms with Crippen LogP contribution in [0, 0.1) is 17.1 Å². The van der Waals surface area contributed by atoms with Crippen LogP contribution in [0.5, 0.6) is 5.75 Å². The molecule has 5 heteroatoms. The summed E-state index contributed by atoms with van der Waals surface area (Å²) in [6.07, 6.45) is 0. The average molecular weight is 228 g/mol. The van der Waals surface area contributed by atoms with Crippen molar-refractivity contribution in [3.8, 4) is 11.8 Å². The van der Waals surface area contributed by atoms with Crippen LogP contribution in [-0.2, 0) is 0 Å². The lowest BCUT2D eigenvalue weighted by Crippen LogP contribution is -2.07. The summed E-state index contributed by atoms with van der Waals surface area (Å²) in [7, 11) is 1.29. The van der Waals surface area contributed by atoms with Crippen molar-refractivity contribution in [3.63, 3.8) is 0 Å². The largest absolute Gasteiger partial charge is 0.496 e. The van der Waals surface area contributed by atoms with Gasteiger partial charge in [0, 0.05) is 0 Å². The summed E-state index contributed by atoms with van der Waals surface area (Å²) in [4.78, 5) is 11.3. The molecule has 0 saturated carbocycles. The van der Waals surface area contributed by atoms with E-state index in [1.807, 2.05) is 0 Å². The topological polar surface area (TPSA) is 50.1 Å². The highest BCUT2D eigenvalue weighted by Gasteiger charge is 2.18. The van der Waals surface area contributed by atoms with Crippen molar-refractivity contribution in [2.45, 2.75) is 0 Å². The Morgan fingerprint density at radius 3 is 2.80 bits per heavy atom. The van der Waals surface area contributed by atoms with E-state index in [4.69, 9.17) is 21.6 Å². The molecule has 15 heavy (non-hydrogen) atoms. The number of halogens is 2. The highest BCUT2D eigenvalue weighted by Crippen LogP contribution is 2.24. The van der Waals surface area contributed by atoms with Gasteiger partial charge in [-0.15, -0.1) is 11.6 Å². The SMILES string of the molecule is COc1cc(C#N)cc(F)c1C(=O)CCl. The summed E-state index contributed by atoms with van der Waals surface area (Å²) in [6, 6.07) is 4.03. The maximum Gasteiger partial charge on any atom is 0.184 e. The van der Waals surface area contributed by atoms with Gasteiger partial charge < -0.3 is 4.74 Å². The molecule has 0 unspecified atom stereocenters. The first kappa shape index (κ1) is 11.5. The molecular weight excluding hydrogens is 221 g/mol. The average Bonchev–Trinajstić information content (AvgIpc) is 2.26. The second-order valence-electron chi connectivity index (χ2n) is 2.70. The second kappa shape index (κ2) is 4.76. The minimum Gasteiger partial charge on any atom is -0.496 e. The Morgan fingerprint density at radius 1 is 1.67 bits per heavy atom. The van der Waals surface area contributed by atoms with Gasteiger partial charge in [-0.2, -0.15) is 5.26 Å². The molecule has 0 heterocycles. The summed E-state index contributed by atoms with van der Waals surface area (Å²) in [5.74, 6) is -1.68. The molecule has 0 atom stereocenters. The third-order valence-corrected chi connectivity index (χ3v) is 2.05. The first-order chi connectivity index (χ1) is 7.13. The number of ketones is 1. The van der Waals surface area contributed by atoms with Gasteiger partial charge in [0.2, 0.25) is 0 Å². The van der Waals surface area contributed by atoms with E-state index >= 15 is 0 Å². The quantitative estimate of drug-likeness (QED) is 0.587. The molecule has 0 spiro atoms. The van der Waals surface area contributed by atoms with Crippen molar-refractivity contribution in [3.05, 3.63) is 29.1 Å². The number of rotatable bonds is 3. The normalized spacial score (nSPS) is 9.47. The summed E-state index contributed by atoms with van der Waals surface area (Å²) < 4.78 is 18.2. The fourth-order valence-electron chi connectivity index (χ4n) is 1.14. The molecule has 0 aliphatic carbocycles. The van der Waals surface area contributed by atoms with Crippen LogP contribution in [0.4, 0.5) is 4.39 Å². The smallest absolute Gasteiger partial charge is 0.184 e. The van der Waals surface area contributed by atoms with Crippen molar-refractivity contribution in [2.75, 3.05) is 13.0 Å². The van der Waals surface area contributed by atoms with Crippen LogP contribution in [-0.4, -0.2) is 18.8 Å². The standard InChI is InChI=1S/C10H7ClFNO2/c1-15-9-3-6(5-13)2-7(12)10(9)8(14)4-11/h2-3H,4H2,1H3. The van der Waals surface area contributed by atoms with Crippen LogP contribution in [0.15, 0.2) is 12.1 Å². The lowest BCUT2D eigenvalue weighted by atomic mass is 10.1. The maximum atomic E-state index is 13.4. The van der Waals surface area contributed by atoms with Crippen LogP contribution in [0.25, 0.3) is 0 Å². The summed E-state index contributed by atoms with van der Waals surface area (Å²) in [5, 5.41) is 8.59. The lowest BCUT2D eigenvalue weighted by Gasteiger charge is -2.07. The molecule has 0 bridgehead atoms. The number of carbonyl (C=O) groups is 1. The molecular formula is C10H7ClFNO2. The third-order valence-electron chi connectivity index (χ3n) is 1.80. The fraction of sp³-hybridized carbons (Fsp3) is 0.200. The first-order valence-electron chi connectivity index (χ1n) is 4.00. The van der Waals surface area contributed by atoms with E-state index in [0.717, 1.165) is 6.07 Å². The van der Waals surface area contributed by atoms with Crippen LogP contribution in [0.3, 0.4) is 0 Å². The van der Waals surface area contributed by atoms with Crippen LogP contribution in [0.2, 0.25) is 0 Å². The number of carbonyl (C=O) groups excluding carboxylic acids is 1. The molecule has 78 valence electrons. The van der Waals surface area contributed by atoms with Gasteiger partial charge in [0.25, 0.3) is 0 Å². The highest BCUT2D eigenvalue weighted by atomic mass is 35.5. The van der Waals surface area contributed by atoms with E-state index in [0.29, 0.717) is 0 Å². The Morgan fingerprint density at radius 2 is 2.33 bits per heavy atom. The van der Waals surface area contributed by atoms with Crippen molar-refractivity contribution in [1.82, 2.24) is 0 Å². The molecule has 0 aliphatic rings. The van der Waals surface area contributed by atoms with E-state index < -0.39 is 11.6 Å². The van der Waals surface area contributed by atoms with Crippen LogP contribution in [0.1, 0.15) is 15.9 Å². The number of nitrogens with zero attached hydrogens (tertiary/aromatic N) is 1. The minimum absolute atomic E-state index is 0.0252. The van der Waals surface area contributed by atoms with Crippen LogP contribution < -0.4 is 4.74 Å². The number of benzene rings is 1. The zero-order valence-corrected chi connectivity index (χ0v) is 8.64. The lowest BCUT2D eigenvalue weighted by molar-refractivity contribution is 0.101. The number of ether oxygens (including phenoxy) is 1. The zero-order chi connectivity index (χ0) is 11.4. The Balaban J connectivity index is 3.39. The summed E-state index contributed by atoms with van der Waals surface area (Å²) in [5.41, 5.74) is -0.123. The van der Waals surface area contributed by atoms with E-state index in [-0.39, 0.29) is 22.8 Å². The molecule has 1 aromatic rings. The Kier molecular flexibility index (Phi) is 3.64. The van der Waals surface area contributed by atoms with Crippen LogP contribution >= 0.6 is 11.6 Å². The number of hydrogen-bond donors (Lipinski definition) is 0. The van der Waals surface area contributed by atoms with E-state index in [2.05, 4.69) is 0 Å². The fourth-order valence-corrected chi connectivity index (χ4v) is 1.28. The summed E-state index contributed by atoms with van der Waals surface area (Å²) >= 11 is 5.32. The number of hydrogen-bond acceptors (Lipinski definition) is 3. The molecule has 1 aromatic carbocycles. The molecule has 3 nitrogen and oxygen atoms in total. The first-order valence-corrected chi connectivity index (χ1v) is 4.54. The van der Waals surface area contributed by atoms with Gasteiger partial charge in [0.1, 0.15) is 11.6 Å². The predicted octanol–water partition coefficient (Wildman–Crippen LogP) is 2.13. The number of methoxy groups -OCH3 is 1. The van der Waals surface area contributed by atoms with Gasteiger partial charge in [-0.05, 0) is 12.1 Å². The van der Waals surface area contributed by atoms with Crippen molar-refractivity contribution < 1.29 is 13.9 Å². The maximum absolute atomic E-state index is 13.4. The molecule has 0 saturated heterocycles. The van der Waals surface area contributed by atoms with Crippen molar-refractivity contribution >= 4 is 17.4 Å². The van der Waals surface area contributed by atoms with Crippen molar-refractivity contribution in [1.29, 1.82) is 5.26 Å².